The third-order valence-electron chi connectivity index (χ3n) is 6.46. The largest absolute Gasteiger partial charge is 0.508 e. The topological polar surface area (TPSA) is 108 Å². The molecule has 0 saturated heterocycles. The van der Waals surface area contributed by atoms with Crippen LogP contribution in [0.3, 0.4) is 0 Å². The van der Waals surface area contributed by atoms with Crippen LogP contribution in [0.1, 0.15) is 70.9 Å². The highest BCUT2D eigenvalue weighted by molar-refractivity contribution is 7.80. The standard InChI is InChI=1S/C24H34N6O2S/c1-4-19(24(2,3)32)27-23-28-21(25-13-15-12-17(33)10-11-18(15)31)20-22(29-23)30(14-26-20)16-8-6-5-7-9-16/h10-12,14,16,19,31-33H,4-9,13H2,1-3H3,(H2,25,27,28,29). The quantitative estimate of drug-likeness (QED) is 0.298. The fourth-order valence-corrected chi connectivity index (χ4v) is 4.79. The summed E-state index contributed by atoms with van der Waals surface area (Å²) in [7, 11) is 0. The number of fused-ring (bicyclic) bond motifs is 1. The second kappa shape index (κ2) is 9.77. The number of hydrogen-bond acceptors (Lipinski definition) is 8. The summed E-state index contributed by atoms with van der Waals surface area (Å²) in [4.78, 5) is 15.0. The summed E-state index contributed by atoms with van der Waals surface area (Å²) < 4.78 is 2.17. The summed E-state index contributed by atoms with van der Waals surface area (Å²) in [6, 6.07) is 5.37. The van der Waals surface area contributed by atoms with Gasteiger partial charge in [0.25, 0.3) is 0 Å². The smallest absolute Gasteiger partial charge is 0.227 e. The highest BCUT2D eigenvalue weighted by atomic mass is 32.1. The molecule has 0 amide bonds. The molecule has 4 rings (SSSR count). The summed E-state index contributed by atoms with van der Waals surface area (Å²) >= 11 is 4.38. The molecule has 33 heavy (non-hydrogen) atoms. The SMILES string of the molecule is CCC(Nc1nc(NCc2cc(S)ccc2O)c2ncn(C3CCCCC3)c2n1)C(C)(C)O. The van der Waals surface area contributed by atoms with Gasteiger partial charge in [0.15, 0.2) is 17.0 Å². The Labute approximate surface area is 200 Å². The van der Waals surface area contributed by atoms with Gasteiger partial charge in [-0.2, -0.15) is 9.97 Å². The summed E-state index contributed by atoms with van der Waals surface area (Å²) in [6.45, 7) is 5.95. The number of hydrogen-bond donors (Lipinski definition) is 5. The molecule has 1 fully saturated rings. The number of imidazole rings is 1. The van der Waals surface area contributed by atoms with Crippen molar-refractivity contribution in [2.75, 3.05) is 10.6 Å². The molecule has 0 spiro atoms. The van der Waals surface area contributed by atoms with Crippen LogP contribution < -0.4 is 10.6 Å². The number of benzene rings is 1. The Morgan fingerprint density at radius 1 is 1.21 bits per heavy atom. The minimum atomic E-state index is -0.928. The number of nitrogens with one attached hydrogen (secondary N) is 2. The van der Waals surface area contributed by atoms with E-state index < -0.39 is 5.60 Å². The first-order valence-corrected chi connectivity index (χ1v) is 12.2. The van der Waals surface area contributed by atoms with Gasteiger partial charge in [0.05, 0.1) is 18.0 Å². The number of aliphatic hydroxyl groups is 1. The molecular formula is C24H34N6O2S. The summed E-state index contributed by atoms with van der Waals surface area (Å²) in [5.41, 5.74) is 1.27. The van der Waals surface area contributed by atoms with E-state index in [0.717, 1.165) is 35.4 Å². The van der Waals surface area contributed by atoms with Crippen LogP contribution in [-0.2, 0) is 6.54 Å². The lowest BCUT2D eigenvalue weighted by atomic mass is 9.95. The molecule has 1 saturated carbocycles. The van der Waals surface area contributed by atoms with Gasteiger partial charge in [0, 0.05) is 23.0 Å². The molecule has 0 bridgehead atoms. The van der Waals surface area contributed by atoms with E-state index in [-0.39, 0.29) is 11.8 Å². The molecule has 4 N–H and O–H groups in total. The summed E-state index contributed by atoms with van der Waals surface area (Å²) in [6.07, 6.45) is 8.51. The van der Waals surface area contributed by atoms with Crippen molar-refractivity contribution in [1.29, 1.82) is 0 Å². The Hall–Kier alpha value is -2.52. The molecule has 0 aliphatic heterocycles. The molecule has 1 aliphatic carbocycles. The highest BCUT2D eigenvalue weighted by Gasteiger charge is 2.27. The molecule has 1 aromatic carbocycles. The van der Waals surface area contributed by atoms with Crippen molar-refractivity contribution in [3.8, 4) is 5.75 Å². The van der Waals surface area contributed by atoms with Gasteiger partial charge >= 0.3 is 0 Å². The van der Waals surface area contributed by atoms with Crippen LogP contribution in [0.4, 0.5) is 11.8 Å². The maximum atomic E-state index is 10.6. The molecule has 2 heterocycles. The van der Waals surface area contributed by atoms with Gasteiger partial charge in [0.1, 0.15) is 5.75 Å². The lowest BCUT2D eigenvalue weighted by Gasteiger charge is -2.29. The molecule has 1 unspecified atom stereocenters. The van der Waals surface area contributed by atoms with Crippen LogP contribution in [0, 0.1) is 0 Å². The van der Waals surface area contributed by atoms with Crippen molar-refractivity contribution in [2.45, 2.75) is 88.4 Å². The fourth-order valence-electron chi connectivity index (χ4n) is 4.56. The van der Waals surface area contributed by atoms with Crippen molar-refractivity contribution < 1.29 is 10.2 Å². The maximum absolute atomic E-state index is 10.6. The second-order valence-electron chi connectivity index (χ2n) is 9.44. The first kappa shape index (κ1) is 23.6. The van der Waals surface area contributed by atoms with Crippen LogP contribution in [-0.4, -0.2) is 41.4 Å². The van der Waals surface area contributed by atoms with Crippen molar-refractivity contribution in [1.82, 2.24) is 19.5 Å². The normalized spacial score (nSPS) is 16.2. The lowest BCUT2D eigenvalue weighted by Crippen LogP contribution is -2.41. The number of rotatable bonds is 8. The van der Waals surface area contributed by atoms with Crippen molar-refractivity contribution in [3.05, 3.63) is 30.1 Å². The van der Waals surface area contributed by atoms with Crippen LogP contribution in [0.15, 0.2) is 29.4 Å². The van der Waals surface area contributed by atoms with Crippen LogP contribution in [0.5, 0.6) is 5.75 Å². The third-order valence-corrected chi connectivity index (χ3v) is 6.74. The molecule has 2 aromatic heterocycles. The van der Waals surface area contributed by atoms with E-state index in [1.165, 1.54) is 19.3 Å². The van der Waals surface area contributed by atoms with Crippen LogP contribution >= 0.6 is 12.6 Å². The van der Waals surface area contributed by atoms with E-state index in [1.54, 1.807) is 26.0 Å². The predicted molar refractivity (Wildman–Crippen MR) is 134 cm³/mol. The molecule has 0 radical (unpaired) electrons. The van der Waals surface area contributed by atoms with Gasteiger partial charge in [-0.1, -0.05) is 26.2 Å². The number of phenolic OH excluding ortho intramolecular Hbond substituents is 1. The molecule has 1 atom stereocenters. The summed E-state index contributed by atoms with van der Waals surface area (Å²) in [5, 5.41) is 27.5. The van der Waals surface area contributed by atoms with Gasteiger partial charge < -0.3 is 25.4 Å². The highest BCUT2D eigenvalue weighted by Crippen LogP contribution is 2.32. The number of aromatic hydroxyl groups is 1. The fraction of sp³-hybridized carbons (Fsp3) is 0.542. The minimum Gasteiger partial charge on any atom is -0.508 e. The lowest BCUT2D eigenvalue weighted by molar-refractivity contribution is 0.0577. The van der Waals surface area contributed by atoms with Gasteiger partial charge in [-0.15, -0.1) is 12.6 Å². The minimum absolute atomic E-state index is 0.199. The zero-order valence-electron chi connectivity index (χ0n) is 19.5. The monoisotopic (exact) mass is 470 g/mol. The van der Waals surface area contributed by atoms with Gasteiger partial charge in [-0.3, -0.25) is 0 Å². The number of nitrogens with zero attached hydrogens (tertiary/aromatic N) is 4. The Kier molecular flexibility index (Phi) is 6.99. The Morgan fingerprint density at radius 3 is 2.67 bits per heavy atom. The van der Waals surface area contributed by atoms with Gasteiger partial charge in [-0.25, -0.2) is 4.98 Å². The Morgan fingerprint density at radius 2 is 1.97 bits per heavy atom. The first-order chi connectivity index (χ1) is 15.8. The maximum Gasteiger partial charge on any atom is 0.227 e. The predicted octanol–water partition coefficient (Wildman–Crippen LogP) is 4.90. The third kappa shape index (κ3) is 5.35. The van der Waals surface area contributed by atoms with Crippen molar-refractivity contribution >= 4 is 35.6 Å². The van der Waals surface area contributed by atoms with E-state index in [2.05, 4.69) is 32.8 Å². The molecule has 8 nitrogen and oxygen atoms in total. The van der Waals surface area contributed by atoms with E-state index in [9.17, 15) is 10.2 Å². The molecule has 1 aliphatic rings. The van der Waals surface area contributed by atoms with E-state index in [4.69, 9.17) is 9.97 Å². The second-order valence-corrected chi connectivity index (χ2v) is 9.95. The number of thiol groups is 1. The first-order valence-electron chi connectivity index (χ1n) is 11.7. The van der Waals surface area contributed by atoms with Crippen LogP contribution in [0.25, 0.3) is 11.2 Å². The van der Waals surface area contributed by atoms with Crippen molar-refractivity contribution in [3.63, 3.8) is 0 Å². The Bertz CT molecular complexity index is 1100. The van der Waals surface area contributed by atoms with Crippen molar-refractivity contribution in [2.24, 2.45) is 0 Å². The average Bonchev–Trinajstić information content (AvgIpc) is 3.22. The molecular weight excluding hydrogens is 436 g/mol. The Balaban J connectivity index is 1.71. The zero-order chi connectivity index (χ0) is 23.6. The molecule has 178 valence electrons. The van der Waals surface area contributed by atoms with Crippen LogP contribution in [0.2, 0.25) is 0 Å². The van der Waals surface area contributed by atoms with E-state index in [1.807, 2.05) is 19.3 Å². The average molecular weight is 471 g/mol. The van der Waals surface area contributed by atoms with Gasteiger partial charge in [-0.05, 0) is 51.3 Å². The van der Waals surface area contributed by atoms with E-state index in [0.29, 0.717) is 29.9 Å². The molecule has 3 aromatic rings. The zero-order valence-corrected chi connectivity index (χ0v) is 20.4. The summed E-state index contributed by atoms with van der Waals surface area (Å²) in [5.74, 6) is 1.24. The number of phenols is 1. The number of anilines is 2. The molecule has 9 heteroatoms. The number of aromatic nitrogens is 4. The van der Waals surface area contributed by atoms with Gasteiger partial charge in [0.2, 0.25) is 5.95 Å². The van der Waals surface area contributed by atoms with E-state index >= 15 is 0 Å².